The minimum Gasteiger partial charge on any atom is -0.378 e. The van der Waals surface area contributed by atoms with Crippen LogP contribution in [0.2, 0.25) is 0 Å². The summed E-state index contributed by atoms with van der Waals surface area (Å²) in [7, 11) is 0. The second-order valence-corrected chi connectivity index (χ2v) is 9.45. The third-order valence-corrected chi connectivity index (χ3v) is 7.08. The molecule has 1 aliphatic heterocycles. The van der Waals surface area contributed by atoms with Crippen molar-refractivity contribution in [3.05, 3.63) is 33.8 Å². The normalized spacial score (nSPS) is 32.4. The molecule has 4 aliphatic carbocycles. The number of nitrogens with two attached hydrogens (primary N) is 1. The monoisotopic (exact) mass is 411 g/mol. The highest BCUT2D eigenvalue weighted by molar-refractivity contribution is 5.62. The fraction of sp³-hybridized carbons (Fsp3) is 0.650. The van der Waals surface area contributed by atoms with E-state index in [1.54, 1.807) is 0 Å². The number of rotatable bonds is 5. The van der Waals surface area contributed by atoms with Gasteiger partial charge in [-0.15, -0.1) is 0 Å². The molecule has 2 aromatic rings. The number of anilines is 2. The molecule has 0 aromatic carbocycles. The first kappa shape index (κ1) is 18.1. The predicted molar refractivity (Wildman–Crippen MR) is 108 cm³/mol. The number of aromatic nitrogens is 4. The van der Waals surface area contributed by atoms with E-state index >= 15 is 0 Å². The maximum Gasteiger partial charge on any atom is 0.333 e. The first-order chi connectivity index (χ1) is 14.4. The van der Waals surface area contributed by atoms with E-state index in [-0.39, 0.29) is 29.1 Å². The highest BCUT2D eigenvalue weighted by Gasteiger charge is 2.61. The summed E-state index contributed by atoms with van der Waals surface area (Å²) >= 11 is 0. The molecule has 2 N–H and O–H groups in total. The Morgan fingerprint density at radius 1 is 1.27 bits per heavy atom. The summed E-state index contributed by atoms with van der Waals surface area (Å²) in [6.07, 6.45) is 9.00. The van der Waals surface area contributed by atoms with Crippen LogP contribution in [0.25, 0.3) is 0 Å². The van der Waals surface area contributed by atoms with Crippen molar-refractivity contribution in [2.24, 2.45) is 5.92 Å². The average molecular weight is 411 g/mol. The molecule has 158 valence electrons. The van der Waals surface area contributed by atoms with Gasteiger partial charge in [0.1, 0.15) is 11.8 Å². The highest BCUT2D eigenvalue weighted by atomic mass is 16.6. The number of hydrogen-bond donors (Lipinski definition) is 1. The average Bonchev–Trinajstić information content (AvgIpc) is 3.34. The smallest absolute Gasteiger partial charge is 0.333 e. The summed E-state index contributed by atoms with van der Waals surface area (Å²) in [4.78, 5) is 22.4. The van der Waals surface area contributed by atoms with Gasteiger partial charge in [0.15, 0.2) is 0 Å². The topological polar surface area (TPSA) is 125 Å². The van der Waals surface area contributed by atoms with E-state index in [1.165, 1.54) is 12.8 Å². The third kappa shape index (κ3) is 2.69. The van der Waals surface area contributed by atoms with Gasteiger partial charge in [-0.1, -0.05) is 0 Å². The lowest BCUT2D eigenvalue weighted by Crippen LogP contribution is -2.56. The fourth-order valence-corrected chi connectivity index (χ4v) is 5.28. The zero-order valence-corrected chi connectivity index (χ0v) is 16.9. The van der Waals surface area contributed by atoms with Crippen LogP contribution in [0.15, 0.2) is 12.4 Å². The van der Waals surface area contributed by atoms with Gasteiger partial charge in [-0.3, -0.25) is 14.8 Å². The Morgan fingerprint density at radius 3 is 2.67 bits per heavy atom. The Labute approximate surface area is 173 Å². The van der Waals surface area contributed by atoms with E-state index in [4.69, 9.17) is 15.5 Å². The number of ether oxygens (including phenoxy) is 1. The maximum absolute atomic E-state index is 11.7. The van der Waals surface area contributed by atoms with Crippen molar-refractivity contribution in [2.75, 3.05) is 23.7 Å². The van der Waals surface area contributed by atoms with E-state index in [9.17, 15) is 10.1 Å². The molecule has 4 saturated carbocycles. The first-order valence-electron chi connectivity index (χ1n) is 10.7. The van der Waals surface area contributed by atoms with Crippen molar-refractivity contribution >= 4 is 17.5 Å². The predicted octanol–water partition coefficient (Wildman–Crippen LogP) is 2.52. The fourth-order valence-electron chi connectivity index (χ4n) is 5.28. The van der Waals surface area contributed by atoms with Gasteiger partial charge < -0.3 is 15.4 Å². The Hall–Kier alpha value is -2.75. The van der Waals surface area contributed by atoms with Gasteiger partial charge in [-0.25, -0.2) is 4.98 Å². The van der Waals surface area contributed by atoms with Gasteiger partial charge in [-0.2, -0.15) is 10.1 Å². The lowest BCUT2D eigenvalue weighted by atomic mass is 9.43. The van der Waals surface area contributed by atoms with Crippen LogP contribution in [0.3, 0.4) is 0 Å². The van der Waals surface area contributed by atoms with Crippen LogP contribution in [0.5, 0.6) is 0 Å². The van der Waals surface area contributed by atoms with Crippen molar-refractivity contribution < 1.29 is 9.66 Å². The van der Waals surface area contributed by atoms with Gasteiger partial charge >= 0.3 is 5.69 Å². The largest absolute Gasteiger partial charge is 0.378 e. The van der Waals surface area contributed by atoms with Gasteiger partial charge in [0, 0.05) is 23.7 Å². The Morgan fingerprint density at radius 2 is 2.03 bits per heavy atom. The number of hydrogen-bond acceptors (Lipinski definition) is 8. The summed E-state index contributed by atoms with van der Waals surface area (Å²) in [6, 6.07) is 0.518. The van der Waals surface area contributed by atoms with Crippen molar-refractivity contribution in [1.82, 2.24) is 19.7 Å². The van der Waals surface area contributed by atoms with Crippen molar-refractivity contribution in [3.63, 3.8) is 0 Å². The molecule has 0 spiro atoms. The van der Waals surface area contributed by atoms with Crippen LogP contribution < -0.4 is 10.6 Å². The number of nitrogens with zero attached hydrogens (tertiary/aromatic N) is 6. The van der Waals surface area contributed by atoms with E-state index in [0.29, 0.717) is 36.7 Å². The molecule has 7 rings (SSSR count). The second-order valence-electron chi connectivity index (χ2n) is 9.45. The molecule has 1 saturated heterocycles. The van der Waals surface area contributed by atoms with Crippen molar-refractivity contribution in [3.8, 4) is 0 Å². The first-order valence-corrected chi connectivity index (χ1v) is 10.7. The minimum absolute atomic E-state index is 0.0357. The minimum atomic E-state index is -0.425. The van der Waals surface area contributed by atoms with Gasteiger partial charge in [0.05, 0.1) is 29.8 Å². The van der Waals surface area contributed by atoms with Gasteiger partial charge in [-0.05, 0) is 44.9 Å². The zero-order valence-electron chi connectivity index (χ0n) is 16.9. The molecule has 30 heavy (non-hydrogen) atoms. The van der Waals surface area contributed by atoms with Gasteiger partial charge in [0.2, 0.25) is 11.8 Å². The molecule has 2 bridgehead atoms. The zero-order chi connectivity index (χ0) is 20.6. The van der Waals surface area contributed by atoms with Crippen LogP contribution in [-0.2, 0) is 10.2 Å². The SMILES string of the molecule is C[C@@H]1CN(c2nc(N)c([N+](=O)[O-])c(C34CC(C3)C4)n2)C[C@H](c2cnn(C3CC3)c2)O1. The van der Waals surface area contributed by atoms with Crippen LogP contribution in [0, 0.1) is 16.0 Å². The lowest BCUT2D eigenvalue weighted by molar-refractivity contribution is -0.386. The molecular weight excluding hydrogens is 386 g/mol. The molecule has 10 nitrogen and oxygen atoms in total. The molecule has 2 atom stereocenters. The quantitative estimate of drug-likeness (QED) is 0.588. The Balaban J connectivity index is 1.32. The molecule has 0 radical (unpaired) electrons. The molecule has 10 heteroatoms. The standard InChI is InChI=1S/C20H25N7O3/c1-11-8-25(10-15(30-11)13-7-22-26(9-13)14-2-3-14)19-23-17(20-4-12(5-20)6-20)16(27(28)29)18(21)24-19/h7,9,11-12,14-15H,2-6,8,10H2,1H3,(H2,21,23,24)/t11-,12?,15-,20?/m1/s1. The summed E-state index contributed by atoms with van der Waals surface area (Å²) in [5.74, 6) is 1.11. The summed E-state index contributed by atoms with van der Waals surface area (Å²) < 4.78 is 8.19. The van der Waals surface area contributed by atoms with E-state index < -0.39 is 4.92 Å². The molecular formula is C20H25N7O3. The van der Waals surface area contributed by atoms with Gasteiger partial charge in [0.25, 0.3) is 0 Å². The number of nitro groups is 1. The van der Waals surface area contributed by atoms with Crippen LogP contribution in [-0.4, -0.2) is 43.9 Å². The van der Waals surface area contributed by atoms with Crippen LogP contribution in [0.4, 0.5) is 17.5 Å². The van der Waals surface area contributed by atoms with Crippen LogP contribution >= 0.6 is 0 Å². The van der Waals surface area contributed by atoms with E-state index in [1.807, 2.05) is 22.7 Å². The molecule has 2 aromatic heterocycles. The second kappa shape index (κ2) is 6.13. The summed E-state index contributed by atoms with van der Waals surface area (Å²) in [5, 5.41) is 16.2. The number of nitrogen functional groups attached to an aromatic ring is 1. The third-order valence-electron chi connectivity index (χ3n) is 7.08. The number of morpholine rings is 1. The molecule has 5 fully saturated rings. The Kier molecular flexibility index (Phi) is 3.69. The summed E-state index contributed by atoms with van der Waals surface area (Å²) in [5.41, 5.74) is 7.35. The highest BCUT2D eigenvalue weighted by Crippen LogP contribution is 2.66. The molecule has 0 amide bonds. The summed E-state index contributed by atoms with van der Waals surface area (Å²) in [6.45, 7) is 3.19. The molecule has 0 unspecified atom stereocenters. The molecule has 5 aliphatic rings. The molecule has 3 heterocycles. The van der Waals surface area contributed by atoms with Crippen molar-refractivity contribution in [1.29, 1.82) is 0 Å². The van der Waals surface area contributed by atoms with Crippen molar-refractivity contribution in [2.45, 2.75) is 62.7 Å². The van der Waals surface area contributed by atoms with E-state index in [0.717, 1.165) is 24.8 Å². The van der Waals surface area contributed by atoms with E-state index in [2.05, 4.69) is 16.3 Å². The van der Waals surface area contributed by atoms with Crippen LogP contribution in [0.1, 0.15) is 62.4 Å². The maximum atomic E-state index is 11.7. The lowest BCUT2D eigenvalue weighted by Gasteiger charge is -2.60. The Bertz CT molecular complexity index is 1020.